The Morgan fingerprint density at radius 2 is 1.65 bits per heavy atom. The predicted molar refractivity (Wildman–Crippen MR) is 151 cm³/mol. The summed E-state index contributed by atoms with van der Waals surface area (Å²) in [6.07, 6.45) is 5.32. The number of allylic oxidation sites excluding steroid dienone is 2. The minimum absolute atomic E-state index is 0.134. The molecule has 3 atom stereocenters. The van der Waals surface area contributed by atoms with Crippen LogP contribution in [0.2, 0.25) is 0 Å². The zero-order valence-electron chi connectivity index (χ0n) is 24.7. The van der Waals surface area contributed by atoms with Crippen LogP contribution in [0.5, 0.6) is 0 Å². The van der Waals surface area contributed by atoms with Gasteiger partial charge in [0.2, 0.25) is 11.8 Å². The van der Waals surface area contributed by atoms with Gasteiger partial charge in [-0.3, -0.25) is 9.59 Å². The number of nitrogens with zero attached hydrogens (tertiary/aromatic N) is 1. The summed E-state index contributed by atoms with van der Waals surface area (Å²) in [5.41, 5.74) is 0.992. The number of carbonyl (C=O) groups excluding carboxylic acids is 2. The van der Waals surface area contributed by atoms with E-state index in [1.807, 2.05) is 84.9 Å². The van der Waals surface area contributed by atoms with Crippen molar-refractivity contribution in [2.24, 2.45) is 11.3 Å². The Kier molecular flexibility index (Phi) is 12.6. The largest absolute Gasteiger partial charge is 0.346 e. The van der Waals surface area contributed by atoms with Crippen LogP contribution in [0.15, 0.2) is 54.3 Å². The Morgan fingerprint density at radius 1 is 1.05 bits per heavy atom. The fourth-order valence-electron chi connectivity index (χ4n) is 4.40. The smallest absolute Gasteiger partial charge is 0.245 e. The Balaban J connectivity index is 3.22. The number of nitrogens with one attached hydrogen (secondary N) is 2. The highest BCUT2D eigenvalue weighted by Crippen LogP contribution is 2.29. The van der Waals surface area contributed by atoms with Crippen molar-refractivity contribution in [2.75, 3.05) is 20.7 Å². The zero-order chi connectivity index (χ0) is 28.4. The van der Waals surface area contributed by atoms with Crippen molar-refractivity contribution in [3.63, 3.8) is 0 Å². The van der Waals surface area contributed by atoms with E-state index in [0.717, 1.165) is 11.1 Å². The summed E-state index contributed by atoms with van der Waals surface area (Å²) in [5.74, 6) is -0.184. The number of hydrogen-bond donors (Lipinski definition) is 2. The minimum atomic E-state index is -0.709. The molecule has 0 fully saturated rings. The number of likely N-dealkylation sites (N-methyl/N-ethyl adjacent to an activating group) is 2. The van der Waals surface area contributed by atoms with Gasteiger partial charge in [-0.2, -0.15) is 4.89 Å². The molecule has 2 amide bonds. The van der Waals surface area contributed by atoms with E-state index in [1.54, 1.807) is 25.1 Å². The van der Waals surface area contributed by atoms with Crippen molar-refractivity contribution in [3.05, 3.63) is 59.9 Å². The minimum Gasteiger partial charge on any atom is -0.346 e. The molecular formula is C30H49N3O4. The van der Waals surface area contributed by atoms with E-state index in [1.165, 1.54) is 6.26 Å². The second kappa shape index (κ2) is 14.3. The van der Waals surface area contributed by atoms with Crippen molar-refractivity contribution in [1.82, 2.24) is 15.5 Å². The maximum Gasteiger partial charge on any atom is 0.245 e. The van der Waals surface area contributed by atoms with Gasteiger partial charge in [-0.05, 0) is 49.4 Å². The molecule has 1 aromatic carbocycles. The Labute approximate surface area is 224 Å². The van der Waals surface area contributed by atoms with Crippen molar-refractivity contribution in [1.29, 1.82) is 0 Å². The molecule has 0 aliphatic carbocycles. The molecule has 1 aromatic rings. The topological polar surface area (TPSA) is 79.9 Å². The first-order valence-electron chi connectivity index (χ1n) is 13.1. The third-order valence-electron chi connectivity index (χ3n) is 6.67. The predicted octanol–water partition coefficient (Wildman–Crippen LogP) is 4.99. The van der Waals surface area contributed by atoms with Crippen LogP contribution >= 0.6 is 0 Å². The van der Waals surface area contributed by atoms with E-state index in [0.29, 0.717) is 6.61 Å². The number of carbonyl (C=O) groups is 2. The molecule has 0 aromatic heterocycles. The highest BCUT2D eigenvalue weighted by Gasteiger charge is 2.41. The normalized spacial score (nSPS) is 15.4. The Bertz CT molecular complexity index is 917. The lowest BCUT2D eigenvalue weighted by atomic mass is 9.76. The Morgan fingerprint density at radius 3 is 2.14 bits per heavy atom. The van der Waals surface area contributed by atoms with Gasteiger partial charge in [0, 0.05) is 12.5 Å². The molecule has 7 heteroatoms. The van der Waals surface area contributed by atoms with E-state index < -0.39 is 22.9 Å². The lowest BCUT2D eigenvalue weighted by Crippen LogP contribution is -2.61. The molecule has 1 rings (SSSR count). The highest BCUT2D eigenvalue weighted by atomic mass is 17.2. The molecule has 0 bridgehead atoms. The van der Waals surface area contributed by atoms with Crippen molar-refractivity contribution in [2.45, 2.75) is 85.9 Å². The van der Waals surface area contributed by atoms with Crippen molar-refractivity contribution < 1.29 is 19.4 Å². The number of rotatable bonds is 13. The first-order valence-corrected chi connectivity index (χ1v) is 13.1. The number of amides is 2. The molecule has 208 valence electrons. The molecule has 0 aliphatic heterocycles. The molecule has 0 saturated heterocycles. The third kappa shape index (κ3) is 9.31. The Hall–Kier alpha value is -2.64. The standard InChI is InChI=1S/C30H49N3O4/c1-12-36-37-19-18-22(4)20-24(21(2)3)33(11)28(35)26(29(5,6)7)32-27(34)25(31-10)30(8,9)23-16-14-13-15-17-23/h13-21,24-26,31H,12H2,1-11H3,(H,32,34)/b19-18-,22-20+/t24-,25-,26-/m1/s1. The molecule has 0 spiro atoms. The summed E-state index contributed by atoms with van der Waals surface area (Å²) in [6.45, 7) is 18.4. The molecular weight excluding hydrogens is 466 g/mol. The van der Waals surface area contributed by atoms with Gasteiger partial charge >= 0.3 is 0 Å². The average Bonchev–Trinajstić information content (AvgIpc) is 2.82. The fourth-order valence-corrected chi connectivity index (χ4v) is 4.40. The fraction of sp³-hybridized carbons (Fsp3) is 0.600. The molecule has 0 radical (unpaired) electrons. The summed E-state index contributed by atoms with van der Waals surface area (Å²) in [6, 6.07) is 8.53. The van der Waals surface area contributed by atoms with Crippen LogP contribution in [-0.4, -0.2) is 55.5 Å². The monoisotopic (exact) mass is 515 g/mol. The van der Waals surface area contributed by atoms with Crippen molar-refractivity contribution in [3.8, 4) is 0 Å². The van der Waals surface area contributed by atoms with Gasteiger partial charge in [-0.25, -0.2) is 0 Å². The summed E-state index contributed by atoms with van der Waals surface area (Å²) >= 11 is 0. The van der Waals surface area contributed by atoms with Gasteiger partial charge < -0.3 is 20.4 Å². The molecule has 7 nitrogen and oxygen atoms in total. The summed E-state index contributed by atoms with van der Waals surface area (Å²) in [4.78, 5) is 39.1. The van der Waals surface area contributed by atoms with E-state index in [9.17, 15) is 9.59 Å². The van der Waals surface area contributed by atoms with Gasteiger partial charge in [0.15, 0.2) is 0 Å². The van der Waals surface area contributed by atoms with Crippen molar-refractivity contribution >= 4 is 11.8 Å². The van der Waals surface area contributed by atoms with Crippen LogP contribution < -0.4 is 10.6 Å². The zero-order valence-corrected chi connectivity index (χ0v) is 24.7. The maximum absolute atomic E-state index is 13.9. The van der Waals surface area contributed by atoms with E-state index >= 15 is 0 Å². The number of hydrogen-bond acceptors (Lipinski definition) is 5. The maximum atomic E-state index is 13.9. The number of benzene rings is 1. The van der Waals surface area contributed by atoms with Gasteiger partial charge in [0.1, 0.15) is 12.3 Å². The molecule has 37 heavy (non-hydrogen) atoms. The van der Waals surface area contributed by atoms with Crippen LogP contribution in [0, 0.1) is 11.3 Å². The van der Waals surface area contributed by atoms with Gasteiger partial charge in [-0.15, -0.1) is 0 Å². The van der Waals surface area contributed by atoms with E-state index in [-0.39, 0.29) is 23.8 Å². The van der Waals surface area contributed by atoms with Crippen LogP contribution in [-0.2, 0) is 24.8 Å². The molecule has 0 aliphatic rings. The molecule has 0 saturated carbocycles. The molecule has 0 unspecified atom stereocenters. The lowest BCUT2D eigenvalue weighted by molar-refractivity contribution is -0.244. The van der Waals surface area contributed by atoms with E-state index in [4.69, 9.17) is 9.78 Å². The van der Waals surface area contributed by atoms with Gasteiger partial charge in [0.25, 0.3) is 0 Å². The quantitative estimate of drug-likeness (QED) is 0.127. The highest BCUT2D eigenvalue weighted by molar-refractivity contribution is 5.91. The van der Waals surface area contributed by atoms with Gasteiger partial charge in [-0.1, -0.05) is 84.9 Å². The third-order valence-corrected chi connectivity index (χ3v) is 6.67. The second-order valence-corrected chi connectivity index (χ2v) is 11.5. The lowest BCUT2D eigenvalue weighted by Gasteiger charge is -2.40. The average molecular weight is 516 g/mol. The summed E-state index contributed by atoms with van der Waals surface area (Å²) < 4.78 is 0. The molecule has 0 heterocycles. The summed E-state index contributed by atoms with van der Waals surface area (Å²) in [5, 5.41) is 6.28. The van der Waals surface area contributed by atoms with Crippen LogP contribution in [0.3, 0.4) is 0 Å². The van der Waals surface area contributed by atoms with E-state index in [2.05, 4.69) is 24.5 Å². The molecule has 2 N–H and O–H groups in total. The second-order valence-electron chi connectivity index (χ2n) is 11.5. The van der Waals surface area contributed by atoms with Crippen LogP contribution in [0.1, 0.15) is 67.9 Å². The SMILES string of the molecule is CCOO/C=C\C(C)=C\[C@H](C(C)C)N(C)C(=O)[C@@H](NC(=O)[C@@H](NC)C(C)(C)c1ccccc1)C(C)(C)C. The first-order chi connectivity index (χ1) is 17.2. The van der Waals surface area contributed by atoms with Crippen LogP contribution in [0.4, 0.5) is 0 Å². The van der Waals surface area contributed by atoms with Crippen LogP contribution in [0.25, 0.3) is 0 Å². The summed E-state index contributed by atoms with van der Waals surface area (Å²) in [7, 11) is 3.58. The first kappa shape index (κ1) is 32.4. The van der Waals surface area contributed by atoms with Gasteiger partial charge in [0.05, 0.1) is 18.7 Å².